The van der Waals surface area contributed by atoms with Crippen molar-refractivity contribution >= 4 is 29.3 Å². The van der Waals surface area contributed by atoms with E-state index in [9.17, 15) is 9.90 Å². The van der Waals surface area contributed by atoms with Crippen molar-refractivity contribution in [2.45, 2.75) is 23.8 Å². The molecule has 0 spiro atoms. The van der Waals surface area contributed by atoms with Gasteiger partial charge in [0.05, 0.1) is 22.2 Å². The molecule has 21 heavy (non-hydrogen) atoms. The lowest BCUT2D eigenvalue weighted by atomic mass is 10.1. The zero-order valence-corrected chi connectivity index (χ0v) is 12.9. The molecule has 0 aliphatic heterocycles. The van der Waals surface area contributed by atoms with E-state index in [0.717, 1.165) is 5.69 Å². The molecule has 106 valence electrons. The number of aryl methyl sites for hydroxylation is 2. The Labute approximate surface area is 131 Å². The van der Waals surface area contributed by atoms with Crippen LogP contribution in [0.1, 0.15) is 27.2 Å². The first kappa shape index (κ1) is 15.4. The smallest absolute Gasteiger partial charge is 0.338 e. The molecule has 6 heteroatoms. The van der Waals surface area contributed by atoms with Gasteiger partial charge in [0.2, 0.25) is 0 Å². The van der Waals surface area contributed by atoms with E-state index >= 15 is 0 Å². The van der Waals surface area contributed by atoms with Gasteiger partial charge in [0.1, 0.15) is 5.03 Å². The zero-order valence-electron chi connectivity index (χ0n) is 11.3. The summed E-state index contributed by atoms with van der Waals surface area (Å²) in [5.74, 6) is -1.02. The standard InChI is InChI=1S/C15H11ClN2O2S/c1-8-5-9(2)18-14(13(8)15(19)20)21-12-4-3-10(7-17)6-11(12)16/h3-6H,1-2H3,(H,19,20). The molecule has 0 aliphatic rings. The van der Waals surface area contributed by atoms with Gasteiger partial charge in [-0.15, -0.1) is 0 Å². The van der Waals surface area contributed by atoms with Crippen molar-refractivity contribution in [3.8, 4) is 6.07 Å². The van der Waals surface area contributed by atoms with E-state index in [1.165, 1.54) is 11.8 Å². The van der Waals surface area contributed by atoms with Gasteiger partial charge in [0.15, 0.2) is 0 Å². The zero-order chi connectivity index (χ0) is 15.6. The summed E-state index contributed by atoms with van der Waals surface area (Å²) < 4.78 is 0. The molecule has 0 fully saturated rings. The van der Waals surface area contributed by atoms with Crippen molar-refractivity contribution in [1.29, 1.82) is 5.26 Å². The second kappa shape index (κ2) is 6.17. The van der Waals surface area contributed by atoms with Crippen LogP contribution in [0.25, 0.3) is 0 Å². The molecule has 0 bridgehead atoms. The number of carboxylic acid groups (broad SMARTS) is 1. The number of halogens is 1. The van der Waals surface area contributed by atoms with Crippen LogP contribution in [-0.4, -0.2) is 16.1 Å². The number of benzene rings is 1. The van der Waals surface area contributed by atoms with Crippen LogP contribution in [0, 0.1) is 25.2 Å². The summed E-state index contributed by atoms with van der Waals surface area (Å²) in [6, 6.07) is 8.61. The Morgan fingerprint density at radius 3 is 2.67 bits per heavy atom. The van der Waals surface area contributed by atoms with E-state index in [-0.39, 0.29) is 5.56 Å². The maximum absolute atomic E-state index is 11.4. The van der Waals surface area contributed by atoms with Crippen molar-refractivity contribution in [1.82, 2.24) is 4.98 Å². The van der Waals surface area contributed by atoms with E-state index in [2.05, 4.69) is 4.98 Å². The van der Waals surface area contributed by atoms with Gasteiger partial charge in [-0.1, -0.05) is 23.4 Å². The minimum Gasteiger partial charge on any atom is -0.478 e. The number of hydrogen-bond donors (Lipinski definition) is 1. The Kier molecular flexibility index (Phi) is 4.51. The molecule has 0 aliphatic carbocycles. The first-order valence-electron chi connectivity index (χ1n) is 6.01. The number of hydrogen-bond acceptors (Lipinski definition) is 4. The third-order valence-corrected chi connectivity index (χ3v) is 4.28. The van der Waals surface area contributed by atoms with Crippen LogP contribution in [-0.2, 0) is 0 Å². The summed E-state index contributed by atoms with van der Waals surface area (Å²) in [5.41, 5.74) is 2.02. The summed E-state index contributed by atoms with van der Waals surface area (Å²) in [7, 11) is 0. The highest BCUT2D eigenvalue weighted by Gasteiger charge is 2.17. The highest BCUT2D eigenvalue weighted by molar-refractivity contribution is 7.99. The molecule has 0 radical (unpaired) electrons. The highest BCUT2D eigenvalue weighted by atomic mass is 35.5. The first-order chi connectivity index (χ1) is 9.92. The maximum Gasteiger partial charge on any atom is 0.338 e. The summed E-state index contributed by atoms with van der Waals surface area (Å²) in [6.07, 6.45) is 0. The van der Waals surface area contributed by atoms with E-state index in [1.807, 2.05) is 13.0 Å². The monoisotopic (exact) mass is 318 g/mol. The molecule has 1 heterocycles. The van der Waals surface area contributed by atoms with Crippen LogP contribution < -0.4 is 0 Å². The number of nitriles is 1. The number of aromatic nitrogens is 1. The van der Waals surface area contributed by atoms with Gasteiger partial charge in [0, 0.05) is 10.6 Å². The van der Waals surface area contributed by atoms with Crippen LogP contribution in [0.2, 0.25) is 5.02 Å². The van der Waals surface area contributed by atoms with Gasteiger partial charge < -0.3 is 5.11 Å². The van der Waals surface area contributed by atoms with E-state index in [4.69, 9.17) is 16.9 Å². The Hall–Kier alpha value is -2.03. The molecule has 0 amide bonds. The average Bonchev–Trinajstić information content (AvgIpc) is 2.39. The van der Waals surface area contributed by atoms with Crippen molar-refractivity contribution in [2.24, 2.45) is 0 Å². The molecule has 1 N–H and O–H groups in total. The van der Waals surface area contributed by atoms with Gasteiger partial charge in [-0.25, -0.2) is 9.78 Å². The van der Waals surface area contributed by atoms with Crippen LogP contribution in [0.5, 0.6) is 0 Å². The number of aromatic carboxylic acids is 1. The minimum absolute atomic E-state index is 0.172. The van der Waals surface area contributed by atoms with Gasteiger partial charge in [-0.2, -0.15) is 5.26 Å². The van der Waals surface area contributed by atoms with Gasteiger partial charge in [-0.05, 0) is 43.7 Å². The maximum atomic E-state index is 11.4. The van der Waals surface area contributed by atoms with Crippen molar-refractivity contribution in [2.75, 3.05) is 0 Å². The van der Waals surface area contributed by atoms with Crippen LogP contribution in [0.3, 0.4) is 0 Å². The van der Waals surface area contributed by atoms with Crippen LogP contribution >= 0.6 is 23.4 Å². The Morgan fingerprint density at radius 1 is 1.38 bits per heavy atom. The molecular weight excluding hydrogens is 308 g/mol. The predicted octanol–water partition coefficient (Wildman–Crippen LogP) is 4.07. The topological polar surface area (TPSA) is 74.0 Å². The molecular formula is C15H11ClN2O2S. The Morgan fingerprint density at radius 2 is 2.10 bits per heavy atom. The van der Waals surface area contributed by atoms with E-state index in [0.29, 0.717) is 26.1 Å². The quantitative estimate of drug-likeness (QED) is 0.923. The number of rotatable bonds is 3. The largest absolute Gasteiger partial charge is 0.478 e. The number of carboxylic acids is 1. The van der Waals surface area contributed by atoms with E-state index < -0.39 is 5.97 Å². The van der Waals surface area contributed by atoms with E-state index in [1.54, 1.807) is 31.2 Å². The molecule has 4 nitrogen and oxygen atoms in total. The molecule has 1 aromatic carbocycles. The van der Waals surface area contributed by atoms with Crippen LogP contribution in [0.4, 0.5) is 0 Å². The predicted molar refractivity (Wildman–Crippen MR) is 81.0 cm³/mol. The summed E-state index contributed by atoms with van der Waals surface area (Å²) in [6.45, 7) is 3.55. The second-order valence-electron chi connectivity index (χ2n) is 4.42. The van der Waals surface area contributed by atoms with Gasteiger partial charge >= 0.3 is 5.97 Å². The lowest BCUT2D eigenvalue weighted by Gasteiger charge is -2.10. The van der Waals surface area contributed by atoms with Crippen LogP contribution in [0.15, 0.2) is 34.2 Å². The Bertz CT molecular complexity index is 769. The molecule has 0 saturated heterocycles. The normalized spacial score (nSPS) is 10.2. The Balaban J connectivity index is 2.49. The SMILES string of the molecule is Cc1cc(C)c(C(=O)O)c(Sc2ccc(C#N)cc2Cl)n1. The number of pyridine rings is 1. The second-order valence-corrected chi connectivity index (χ2v) is 5.86. The summed E-state index contributed by atoms with van der Waals surface area (Å²) in [4.78, 5) is 16.4. The van der Waals surface area contributed by atoms with Gasteiger partial charge in [0.25, 0.3) is 0 Å². The number of nitrogens with zero attached hydrogens (tertiary/aromatic N) is 2. The fourth-order valence-electron chi connectivity index (χ4n) is 1.89. The third-order valence-electron chi connectivity index (χ3n) is 2.79. The van der Waals surface area contributed by atoms with Gasteiger partial charge in [-0.3, -0.25) is 0 Å². The molecule has 1 aromatic heterocycles. The lowest BCUT2D eigenvalue weighted by Crippen LogP contribution is -2.05. The molecule has 0 saturated carbocycles. The highest BCUT2D eigenvalue weighted by Crippen LogP contribution is 2.35. The molecule has 0 atom stereocenters. The number of carbonyl (C=O) groups is 1. The van der Waals surface area contributed by atoms with Crippen molar-refractivity contribution in [3.63, 3.8) is 0 Å². The lowest BCUT2D eigenvalue weighted by molar-refractivity contribution is 0.0691. The third kappa shape index (κ3) is 3.35. The first-order valence-corrected chi connectivity index (χ1v) is 7.21. The molecule has 0 unspecified atom stereocenters. The fraction of sp³-hybridized carbons (Fsp3) is 0.133. The molecule has 2 aromatic rings. The van der Waals surface area contributed by atoms with Crippen molar-refractivity contribution < 1.29 is 9.90 Å². The van der Waals surface area contributed by atoms with Crippen molar-refractivity contribution in [3.05, 3.63) is 51.7 Å². The summed E-state index contributed by atoms with van der Waals surface area (Å²) in [5, 5.41) is 19.0. The fourth-order valence-corrected chi connectivity index (χ4v) is 3.23. The summed E-state index contributed by atoms with van der Waals surface area (Å²) >= 11 is 7.31. The average molecular weight is 319 g/mol. The molecule has 2 rings (SSSR count). The minimum atomic E-state index is -1.02.